The Labute approximate surface area is 850 Å². The van der Waals surface area contributed by atoms with Gasteiger partial charge in [0.25, 0.3) is 0 Å². The predicted octanol–water partition coefficient (Wildman–Crippen LogP) is 32.0. The van der Waals surface area contributed by atoms with E-state index in [-0.39, 0.29) is 119 Å². The van der Waals surface area contributed by atoms with E-state index >= 15 is 0 Å². The van der Waals surface area contributed by atoms with Crippen molar-refractivity contribution in [3.05, 3.63) is 259 Å². The molecule has 30 heteroatoms. The van der Waals surface area contributed by atoms with Crippen molar-refractivity contribution in [1.82, 2.24) is 0 Å². The van der Waals surface area contributed by atoms with Crippen LogP contribution in [0.2, 0.25) is 0 Å². The van der Waals surface area contributed by atoms with Gasteiger partial charge in [-0.2, -0.15) is 52.7 Å². The summed E-state index contributed by atoms with van der Waals surface area (Å²) < 4.78 is 150. The van der Waals surface area contributed by atoms with Crippen LogP contribution in [0.3, 0.4) is 0 Å². The maximum Gasteiger partial charge on any atom is 2.00 e. The minimum absolute atomic E-state index is 0. The Balaban J connectivity index is -0.000000708. The van der Waals surface area contributed by atoms with E-state index in [9.17, 15) is 52.7 Å². The van der Waals surface area contributed by atoms with Gasteiger partial charge in [0.1, 0.15) is 15.7 Å². The monoisotopic (exact) mass is 2280 g/mol. The van der Waals surface area contributed by atoms with Crippen LogP contribution in [0.25, 0.3) is 5.41 Å². The summed E-state index contributed by atoms with van der Waals surface area (Å²) in [4.78, 5) is 28.1. The second-order valence-electron chi connectivity index (χ2n) is 30.3. The SMILES string of the molecule is C(=Nc1ccccc1)C1CCCC1C=Nc1ccccc1.C(=Nc1ccccc1)C1CCCC1C=Nc1ccccc1.C1CCCC1.C1CCCC1.C1CCCC1.CC=[N-].CCOCC.Cc1cccc(C)c1N=CC1CCCC1C=Nc1c(C)cccc1C.[B]c1cc(C(F)(F)F)cc(C(F)(F)F)c1.[B]c1cc(C(F)(F)F)cc(C(F)(F)F)c1.[Br][Ni][Br].[CH3-].[CH3-].[Fe].[Fe].[Fe].[Pd+2].[Pd]. The largest absolute Gasteiger partial charge is 2.00 e. The summed E-state index contributed by atoms with van der Waals surface area (Å²) in [6.07, 6.45) is 28.0. The zero-order valence-electron chi connectivity index (χ0n) is 75.4. The van der Waals surface area contributed by atoms with Crippen LogP contribution in [0, 0.1) is 78.1 Å². The number of para-hydroxylation sites is 6. The van der Waals surface area contributed by atoms with Crippen molar-refractivity contribution in [3.63, 3.8) is 0 Å². The molecule has 724 valence electrons. The molecule has 8 aromatic rings. The third kappa shape index (κ3) is 56.5. The molecular weight excluding hydrogens is 2160 g/mol. The fraction of sp³-hybridized carbons (Fsp3) is 0.430. The van der Waals surface area contributed by atoms with Gasteiger partial charge in [-0.3, -0.25) is 30.0 Å². The minimum Gasteiger partial charge on any atom is -0.358 e. The zero-order chi connectivity index (χ0) is 90.3. The van der Waals surface area contributed by atoms with Gasteiger partial charge in [-0.1, -0.05) is 267 Å². The van der Waals surface area contributed by atoms with Crippen molar-refractivity contribution < 1.29 is 160 Å². The molecule has 8 nitrogen and oxygen atoms in total. The van der Waals surface area contributed by atoms with E-state index in [2.05, 4.69) is 150 Å². The summed E-state index contributed by atoms with van der Waals surface area (Å²) in [6, 6.07) is 55.2. The van der Waals surface area contributed by atoms with Gasteiger partial charge < -0.3 is 25.0 Å². The maximum absolute atomic E-state index is 12.1. The fourth-order valence-electron chi connectivity index (χ4n) is 14.1. The summed E-state index contributed by atoms with van der Waals surface area (Å²) in [5.74, 6) is 3.03. The van der Waals surface area contributed by atoms with Gasteiger partial charge in [0.15, 0.2) is 0 Å². The molecule has 4 radical (unpaired) electrons. The Hall–Kier alpha value is -4.96. The number of halogens is 14. The van der Waals surface area contributed by atoms with Gasteiger partial charge in [-0.25, -0.2) is 6.21 Å². The number of nitrogens with zero attached hydrogens (tertiary/aromatic N) is 7. The number of hydrogen-bond donors (Lipinski definition) is 0. The van der Waals surface area contributed by atoms with Crippen LogP contribution in [0.5, 0.6) is 0 Å². The first kappa shape index (κ1) is 131. The molecule has 0 aromatic heterocycles. The second kappa shape index (κ2) is 75.2. The van der Waals surface area contributed by atoms with Crippen molar-refractivity contribution in [1.29, 1.82) is 0 Å². The number of hydrogen-bond acceptors (Lipinski definition) is 7. The van der Waals surface area contributed by atoms with Crippen LogP contribution >= 0.6 is 28.5 Å². The summed E-state index contributed by atoms with van der Waals surface area (Å²) >= 11 is 6.00. The Morgan fingerprint density at radius 3 is 0.662 bits per heavy atom. The number of benzene rings is 8. The van der Waals surface area contributed by atoms with Gasteiger partial charge in [0, 0.05) is 158 Å². The molecule has 6 atom stereocenters. The third-order valence-electron chi connectivity index (χ3n) is 20.6. The molecule has 0 spiro atoms. The summed E-state index contributed by atoms with van der Waals surface area (Å²) in [5, 5.41) is 7.44. The first-order chi connectivity index (χ1) is 58.8. The number of aliphatic imine (C=N–C) groups is 6. The van der Waals surface area contributed by atoms with Crippen LogP contribution in [-0.2, 0) is 132 Å². The molecule has 0 aliphatic heterocycles. The number of ether oxygens (including phenoxy) is 1. The van der Waals surface area contributed by atoms with Crippen LogP contribution in [0.1, 0.15) is 219 Å². The summed E-state index contributed by atoms with van der Waals surface area (Å²) in [5.41, 5.74) is 4.58. The fourth-order valence-corrected chi connectivity index (χ4v) is 14.1. The van der Waals surface area contributed by atoms with E-state index in [0.717, 1.165) is 53.6 Å². The van der Waals surface area contributed by atoms with Crippen LogP contribution in [0.4, 0.5) is 86.8 Å². The maximum atomic E-state index is 12.1. The smallest absolute Gasteiger partial charge is 0.358 e. The van der Waals surface area contributed by atoms with E-state index in [0.29, 0.717) is 59.8 Å². The summed E-state index contributed by atoms with van der Waals surface area (Å²) in [6.45, 7) is 15.8. The molecule has 0 saturated heterocycles. The Morgan fingerprint density at radius 1 is 0.338 bits per heavy atom. The van der Waals surface area contributed by atoms with Crippen LogP contribution in [-0.4, -0.2) is 72.4 Å². The predicted molar refractivity (Wildman–Crippen MR) is 510 cm³/mol. The van der Waals surface area contributed by atoms with Crippen LogP contribution in [0.15, 0.2) is 224 Å². The van der Waals surface area contributed by atoms with Gasteiger partial charge in [-0.15, -0.1) is 0 Å². The van der Waals surface area contributed by atoms with E-state index < -0.39 is 57.9 Å². The topological polar surface area (TPSA) is 106 Å². The van der Waals surface area contributed by atoms with Gasteiger partial charge in [-0.05, 0) is 163 Å². The molecule has 8 aromatic carbocycles. The van der Waals surface area contributed by atoms with E-state index in [4.69, 9.17) is 35.8 Å². The average Bonchev–Trinajstić information content (AvgIpc) is 1.29. The van der Waals surface area contributed by atoms with Crippen LogP contribution < -0.4 is 10.9 Å². The van der Waals surface area contributed by atoms with Crippen molar-refractivity contribution >= 4 is 133 Å². The molecule has 14 rings (SSSR count). The molecule has 6 unspecified atom stereocenters. The Morgan fingerprint density at radius 2 is 0.508 bits per heavy atom. The molecule has 0 N–H and O–H groups in total. The zero-order valence-corrected chi connectivity index (χ0v) is 85.9. The van der Waals surface area contributed by atoms with E-state index in [1.165, 1.54) is 187 Å². The Kier molecular flexibility index (Phi) is 75.9. The van der Waals surface area contributed by atoms with E-state index in [1.54, 1.807) is 6.92 Å². The quantitative estimate of drug-likeness (QED) is 0.0460. The average molecular weight is 2290 g/mol. The van der Waals surface area contributed by atoms with Gasteiger partial charge in [0.05, 0.1) is 56.4 Å². The number of aryl methyl sites for hydroxylation is 4. The molecule has 6 saturated carbocycles. The minimum atomic E-state index is -4.84. The summed E-state index contributed by atoms with van der Waals surface area (Å²) in [7, 11) is 11.2. The molecular formula is C100H124B2Br2F12Fe3N7NiOPd2-. The van der Waals surface area contributed by atoms with Crippen molar-refractivity contribution in [3.8, 4) is 0 Å². The first-order valence-electron chi connectivity index (χ1n) is 42.3. The van der Waals surface area contributed by atoms with Crippen molar-refractivity contribution in [2.75, 3.05) is 13.2 Å². The molecule has 0 amide bonds. The molecule has 0 heterocycles. The Bertz CT molecular complexity index is 3890. The second-order valence-corrected chi connectivity index (χ2v) is 35.3. The first-order valence-corrected chi connectivity index (χ1v) is 47.2. The molecule has 0 bridgehead atoms. The molecule has 6 aliphatic rings. The molecule has 130 heavy (non-hydrogen) atoms. The van der Waals surface area contributed by atoms with Gasteiger partial charge in [0.2, 0.25) is 0 Å². The normalized spacial score (nSPS) is 17.5. The third-order valence-corrected chi connectivity index (χ3v) is 20.6. The van der Waals surface area contributed by atoms with E-state index in [1.807, 2.05) is 135 Å². The van der Waals surface area contributed by atoms with Gasteiger partial charge >= 0.3 is 84.5 Å². The number of alkyl halides is 12. The van der Waals surface area contributed by atoms with Crippen molar-refractivity contribution in [2.24, 2.45) is 65.5 Å². The standard InChI is InChI=1S/C23H28N2.2C19H20N2.2C8H3BF6.3C5H10.C4H10O.C2H4N.2CH3.2BrH.3Fe.Ni.2Pd/c1-16-8-5-9-17(2)22(16)24-14-20-12-7-13-21(20)15-25-23-18(3)10-6-11-19(23)4;2*1-3-10-18(11-4-1)20-14-16-8-7-9-17(16)15-21-19-12-5-2-6-13-19;2*9-6-2-4(7(10,11)12)1-5(3-6)8(13,14)15;3*1-2-4-5-3-1;1-3-5-4-2;1-2-3;;;;;;;;;;/h5-6,8-11,14-15,20-21H,7,12-13H2,1-4H3;2*1-6,10-17H,7-9H2;2*1-3H;3*1-5H2;3-4H2,1-2H3;2H,1H3;2*1H3;2*1H;;;;;;/q;;;;;;;;;3*-1;;;;;;+2;;+2/p-2. The number of rotatable bonds is 14. The molecule has 6 fully saturated rings. The molecule has 6 aliphatic carbocycles. The van der Waals surface area contributed by atoms with Crippen molar-refractivity contribution in [2.45, 2.75) is 227 Å².